The maximum absolute atomic E-state index is 11.8. The molecule has 1 aliphatic rings. The summed E-state index contributed by atoms with van der Waals surface area (Å²) in [5.41, 5.74) is 0. The summed E-state index contributed by atoms with van der Waals surface area (Å²) in [5, 5.41) is 0.681. The second kappa shape index (κ2) is 4.00. The molecule has 1 unspecified atom stereocenters. The van der Waals surface area contributed by atoms with Crippen LogP contribution in [0.15, 0.2) is 36.3 Å². The molecule has 0 aromatic carbocycles. The lowest BCUT2D eigenvalue weighted by molar-refractivity contribution is 0.394. The molecule has 0 amide bonds. The van der Waals surface area contributed by atoms with Crippen molar-refractivity contribution in [3.8, 4) is 0 Å². The molecule has 3 nitrogen and oxygen atoms in total. The first kappa shape index (κ1) is 9.52. The molecular formula is C10H12N2OS. The number of nitrogens with zero attached hydrogens (tertiary/aromatic N) is 2. The number of hydrogen-bond donors (Lipinski definition) is 0. The molecule has 1 aromatic heterocycles. The molecule has 0 aliphatic heterocycles. The molecule has 0 radical (unpaired) electrons. The third-order valence-electron chi connectivity index (χ3n) is 2.49. The molecular weight excluding hydrogens is 196 g/mol. The summed E-state index contributed by atoms with van der Waals surface area (Å²) < 4.78 is 11.8. The second-order valence-electron chi connectivity index (χ2n) is 3.42. The van der Waals surface area contributed by atoms with Gasteiger partial charge in [0.15, 0.2) is 0 Å². The van der Waals surface area contributed by atoms with Crippen molar-refractivity contribution in [2.75, 3.05) is 0 Å². The van der Waals surface area contributed by atoms with Gasteiger partial charge < -0.3 is 0 Å². The van der Waals surface area contributed by atoms with Crippen LogP contribution < -0.4 is 0 Å². The SMILES string of the molecule is C=CC1CC(S(=O)c2ncccn2)C1. The van der Waals surface area contributed by atoms with Gasteiger partial charge in [-0.1, -0.05) is 6.08 Å². The van der Waals surface area contributed by atoms with E-state index in [0.29, 0.717) is 11.1 Å². The van der Waals surface area contributed by atoms with Crippen molar-refractivity contribution in [2.45, 2.75) is 23.2 Å². The Labute approximate surface area is 85.7 Å². The zero-order valence-electron chi connectivity index (χ0n) is 7.80. The average molecular weight is 208 g/mol. The number of allylic oxidation sites excluding steroid dienone is 1. The van der Waals surface area contributed by atoms with Crippen LogP contribution in [0.3, 0.4) is 0 Å². The van der Waals surface area contributed by atoms with Gasteiger partial charge in [0.25, 0.3) is 0 Å². The van der Waals surface area contributed by atoms with Gasteiger partial charge in [0, 0.05) is 17.6 Å². The molecule has 14 heavy (non-hydrogen) atoms. The van der Waals surface area contributed by atoms with Gasteiger partial charge in [0.05, 0.1) is 10.8 Å². The maximum atomic E-state index is 11.8. The highest BCUT2D eigenvalue weighted by molar-refractivity contribution is 7.85. The van der Waals surface area contributed by atoms with E-state index in [1.54, 1.807) is 18.5 Å². The summed E-state index contributed by atoms with van der Waals surface area (Å²) in [7, 11) is -1.03. The van der Waals surface area contributed by atoms with Gasteiger partial charge in [0.1, 0.15) is 0 Å². The first-order valence-electron chi connectivity index (χ1n) is 4.61. The molecule has 74 valence electrons. The zero-order valence-corrected chi connectivity index (χ0v) is 8.61. The number of rotatable bonds is 3. The quantitative estimate of drug-likeness (QED) is 0.559. The van der Waals surface area contributed by atoms with Gasteiger partial charge >= 0.3 is 0 Å². The van der Waals surface area contributed by atoms with Crippen molar-refractivity contribution in [1.29, 1.82) is 0 Å². The predicted molar refractivity (Wildman–Crippen MR) is 55.1 cm³/mol. The Morgan fingerprint density at radius 1 is 1.43 bits per heavy atom. The molecule has 1 aromatic rings. The molecule has 0 N–H and O–H groups in total. The fraction of sp³-hybridized carbons (Fsp3) is 0.400. The Balaban J connectivity index is 2.01. The van der Waals surface area contributed by atoms with E-state index in [2.05, 4.69) is 16.5 Å². The van der Waals surface area contributed by atoms with Crippen molar-refractivity contribution in [2.24, 2.45) is 5.92 Å². The number of hydrogen-bond acceptors (Lipinski definition) is 3. The molecule has 4 heteroatoms. The summed E-state index contributed by atoms with van der Waals surface area (Å²) in [6.07, 6.45) is 7.09. The molecule has 0 spiro atoms. The Morgan fingerprint density at radius 3 is 2.64 bits per heavy atom. The molecule has 1 aliphatic carbocycles. The van der Waals surface area contributed by atoms with Crippen LogP contribution >= 0.6 is 0 Å². The summed E-state index contributed by atoms with van der Waals surface area (Å²) in [6.45, 7) is 3.72. The fourth-order valence-corrected chi connectivity index (χ4v) is 2.98. The van der Waals surface area contributed by atoms with Crippen molar-refractivity contribution in [3.05, 3.63) is 31.1 Å². The highest BCUT2D eigenvalue weighted by atomic mass is 32.2. The normalized spacial score (nSPS) is 27.7. The fourth-order valence-electron chi connectivity index (χ4n) is 1.51. The largest absolute Gasteiger partial charge is 0.251 e. The third kappa shape index (κ3) is 1.75. The lowest BCUT2D eigenvalue weighted by atomic mass is 9.85. The van der Waals surface area contributed by atoms with Crippen molar-refractivity contribution in [1.82, 2.24) is 9.97 Å². The number of aromatic nitrogens is 2. The summed E-state index contributed by atoms with van der Waals surface area (Å²) in [6, 6.07) is 1.73. The van der Waals surface area contributed by atoms with Gasteiger partial charge in [-0.05, 0) is 24.8 Å². The van der Waals surface area contributed by atoms with Crippen LogP contribution in [0, 0.1) is 5.92 Å². The van der Waals surface area contributed by atoms with E-state index >= 15 is 0 Å². The minimum Gasteiger partial charge on any atom is -0.251 e. The average Bonchev–Trinajstić information content (AvgIpc) is 2.17. The topological polar surface area (TPSA) is 42.9 Å². The standard InChI is InChI=1S/C10H12N2OS/c1-2-8-6-9(7-8)14(13)10-11-4-3-5-12-10/h2-5,8-9H,1,6-7H2. The van der Waals surface area contributed by atoms with E-state index in [9.17, 15) is 4.21 Å². The summed E-state index contributed by atoms with van der Waals surface area (Å²) in [4.78, 5) is 7.99. The summed E-state index contributed by atoms with van der Waals surface area (Å²) in [5.74, 6) is 0.535. The Bertz CT molecular complexity index is 346. The molecule has 1 heterocycles. The van der Waals surface area contributed by atoms with Crippen molar-refractivity contribution >= 4 is 10.8 Å². The van der Waals surface area contributed by atoms with Crippen molar-refractivity contribution in [3.63, 3.8) is 0 Å². The lowest BCUT2D eigenvalue weighted by Gasteiger charge is -2.31. The van der Waals surface area contributed by atoms with Crippen LogP contribution in [-0.2, 0) is 10.8 Å². The van der Waals surface area contributed by atoms with Crippen LogP contribution in [0.5, 0.6) is 0 Å². The summed E-state index contributed by atoms with van der Waals surface area (Å²) >= 11 is 0. The van der Waals surface area contributed by atoms with Crippen LogP contribution in [-0.4, -0.2) is 19.4 Å². The molecule has 0 bridgehead atoms. The second-order valence-corrected chi connectivity index (χ2v) is 5.04. The van der Waals surface area contributed by atoms with E-state index in [1.807, 2.05) is 6.08 Å². The van der Waals surface area contributed by atoms with E-state index in [4.69, 9.17) is 0 Å². The lowest BCUT2D eigenvalue weighted by Crippen LogP contribution is -2.32. The smallest absolute Gasteiger partial charge is 0.218 e. The van der Waals surface area contributed by atoms with E-state index < -0.39 is 10.8 Å². The van der Waals surface area contributed by atoms with E-state index in [1.165, 1.54) is 0 Å². The van der Waals surface area contributed by atoms with Gasteiger partial charge in [-0.2, -0.15) is 0 Å². The Morgan fingerprint density at radius 2 is 2.07 bits per heavy atom. The van der Waals surface area contributed by atoms with Crippen LogP contribution in [0.1, 0.15) is 12.8 Å². The molecule has 1 atom stereocenters. The van der Waals surface area contributed by atoms with Gasteiger partial charge in [-0.15, -0.1) is 6.58 Å². The first-order chi connectivity index (χ1) is 6.81. The molecule has 2 rings (SSSR count). The monoisotopic (exact) mass is 208 g/mol. The minimum absolute atomic E-state index is 0.223. The van der Waals surface area contributed by atoms with Gasteiger partial charge in [0.2, 0.25) is 5.16 Å². The van der Waals surface area contributed by atoms with Gasteiger partial charge in [-0.25, -0.2) is 9.97 Å². The van der Waals surface area contributed by atoms with Crippen LogP contribution in [0.2, 0.25) is 0 Å². The highest BCUT2D eigenvalue weighted by Crippen LogP contribution is 2.33. The van der Waals surface area contributed by atoms with Gasteiger partial charge in [-0.3, -0.25) is 4.21 Å². The minimum atomic E-state index is -1.03. The molecule has 1 saturated carbocycles. The van der Waals surface area contributed by atoms with E-state index in [0.717, 1.165) is 12.8 Å². The van der Waals surface area contributed by atoms with Crippen LogP contribution in [0.4, 0.5) is 0 Å². The Hall–Kier alpha value is -1.03. The van der Waals surface area contributed by atoms with Crippen molar-refractivity contribution < 1.29 is 4.21 Å². The Kier molecular flexibility index (Phi) is 2.72. The highest BCUT2D eigenvalue weighted by Gasteiger charge is 2.33. The third-order valence-corrected chi connectivity index (χ3v) is 4.05. The van der Waals surface area contributed by atoms with Crippen LogP contribution in [0.25, 0.3) is 0 Å². The van der Waals surface area contributed by atoms with E-state index in [-0.39, 0.29) is 5.25 Å². The molecule has 1 fully saturated rings. The maximum Gasteiger partial charge on any atom is 0.218 e. The first-order valence-corrected chi connectivity index (χ1v) is 5.82. The predicted octanol–water partition coefficient (Wildman–Crippen LogP) is 1.55. The molecule has 0 saturated heterocycles. The zero-order chi connectivity index (χ0) is 9.97.